The highest BCUT2D eigenvalue weighted by Gasteiger charge is 2.34. The summed E-state index contributed by atoms with van der Waals surface area (Å²) >= 11 is 5.73. The summed E-state index contributed by atoms with van der Waals surface area (Å²) in [4.78, 5) is 23.5. The van der Waals surface area contributed by atoms with Crippen LogP contribution in [-0.4, -0.2) is 18.4 Å². The fourth-order valence-corrected chi connectivity index (χ4v) is 2.60. The van der Waals surface area contributed by atoms with E-state index in [4.69, 9.17) is 16.3 Å². The maximum Gasteiger partial charge on any atom is 0.417 e. The third-order valence-electron chi connectivity index (χ3n) is 3.42. The van der Waals surface area contributed by atoms with Gasteiger partial charge in [-0.3, -0.25) is 9.59 Å². The van der Waals surface area contributed by atoms with Crippen LogP contribution < -0.4 is 15.4 Å². The molecule has 1 aliphatic heterocycles. The van der Waals surface area contributed by atoms with Crippen LogP contribution in [-0.2, 0) is 11.0 Å². The standard InChI is InChI=1S/C16H10ClF3N2O3/c17-14-9(2-1-3-10(14)16(18,19)20)15(24)21-8-4-5-11-12(6-8)25-7-13(23)22-11/h1-6H,7H2,(H,21,24)(H,22,23). The van der Waals surface area contributed by atoms with Gasteiger partial charge in [0.2, 0.25) is 0 Å². The van der Waals surface area contributed by atoms with Gasteiger partial charge >= 0.3 is 6.18 Å². The molecule has 5 nitrogen and oxygen atoms in total. The van der Waals surface area contributed by atoms with Gasteiger partial charge in [-0.15, -0.1) is 0 Å². The van der Waals surface area contributed by atoms with Crippen LogP contribution >= 0.6 is 11.6 Å². The molecule has 9 heteroatoms. The van der Waals surface area contributed by atoms with E-state index in [1.54, 1.807) is 0 Å². The molecule has 25 heavy (non-hydrogen) atoms. The van der Waals surface area contributed by atoms with Gasteiger partial charge in [0, 0.05) is 11.8 Å². The van der Waals surface area contributed by atoms with Gasteiger partial charge in [-0.2, -0.15) is 13.2 Å². The topological polar surface area (TPSA) is 67.4 Å². The summed E-state index contributed by atoms with van der Waals surface area (Å²) in [6.07, 6.45) is -4.66. The van der Waals surface area contributed by atoms with Gasteiger partial charge < -0.3 is 15.4 Å². The second-order valence-electron chi connectivity index (χ2n) is 5.17. The van der Waals surface area contributed by atoms with Crippen molar-refractivity contribution in [2.45, 2.75) is 6.18 Å². The summed E-state index contributed by atoms with van der Waals surface area (Å²) in [6, 6.07) is 7.54. The maximum atomic E-state index is 12.9. The molecule has 130 valence electrons. The molecule has 3 rings (SSSR count). The van der Waals surface area contributed by atoms with Crippen molar-refractivity contribution in [3.8, 4) is 5.75 Å². The monoisotopic (exact) mass is 370 g/mol. The maximum absolute atomic E-state index is 12.9. The molecule has 0 unspecified atom stereocenters. The lowest BCUT2D eigenvalue weighted by Crippen LogP contribution is -2.25. The van der Waals surface area contributed by atoms with Crippen molar-refractivity contribution in [3.05, 3.63) is 52.5 Å². The number of fused-ring (bicyclic) bond motifs is 1. The zero-order chi connectivity index (χ0) is 18.2. The lowest BCUT2D eigenvalue weighted by atomic mass is 10.1. The highest BCUT2D eigenvalue weighted by Crippen LogP contribution is 2.36. The molecule has 0 saturated heterocycles. The van der Waals surface area contributed by atoms with Crippen molar-refractivity contribution in [1.29, 1.82) is 0 Å². The molecule has 1 aliphatic rings. The first-order chi connectivity index (χ1) is 11.8. The van der Waals surface area contributed by atoms with E-state index >= 15 is 0 Å². The van der Waals surface area contributed by atoms with Crippen LogP contribution in [0, 0.1) is 0 Å². The lowest BCUT2D eigenvalue weighted by Gasteiger charge is -2.19. The first-order valence-corrected chi connectivity index (χ1v) is 7.37. The Bertz CT molecular complexity index is 868. The zero-order valence-electron chi connectivity index (χ0n) is 12.4. The molecule has 2 aromatic carbocycles. The Hall–Kier alpha value is -2.74. The minimum Gasteiger partial charge on any atom is -0.482 e. The lowest BCUT2D eigenvalue weighted by molar-refractivity contribution is -0.137. The molecule has 0 atom stereocenters. The smallest absolute Gasteiger partial charge is 0.417 e. The Kier molecular flexibility index (Phi) is 4.30. The number of ether oxygens (including phenoxy) is 1. The summed E-state index contributed by atoms with van der Waals surface area (Å²) in [7, 11) is 0. The SMILES string of the molecule is O=C1COc2cc(NC(=O)c3cccc(C(F)(F)F)c3Cl)ccc2N1. The minimum atomic E-state index is -4.66. The van der Waals surface area contributed by atoms with Gasteiger partial charge in [-0.1, -0.05) is 17.7 Å². The van der Waals surface area contributed by atoms with E-state index in [1.807, 2.05) is 0 Å². The first-order valence-electron chi connectivity index (χ1n) is 6.99. The van der Waals surface area contributed by atoms with Crippen LogP contribution in [0.2, 0.25) is 5.02 Å². The number of anilines is 2. The number of hydrogen-bond donors (Lipinski definition) is 2. The van der Waals surface area contributed by atoms with Gasteiger partial charge in [0.05, 0.1) is 21.8 Å². The molecule has 0 spiro atoms. The number of halogens is 4. The van der Waals surface area contributed by atoms with Crippen LogP contribution in [0.5, 0.6) is 5.75 Å². The number of alkyl halides is 3. The van der Waals surface area contributed by atoms with E-state index in [0.29, 0.717) is 11.4 Å². The van der Waals surface area contributed by atoms with Crippen LogP contribution in [0.3, 0.4) is 0 Å². The van der Waals surface area contributed by atoms with Crippen molar-refractivity contribution in [3.63, 3.8) is 0 Å². The van der Waals surface area contributed by atoms with Gasteiger partial charge in [-0.25, -0.2) is 0 Å². The first kappa shape index (κ1) is 17.1. The fourth-order valence-electron chi connectivity index (χ4n) is 2.28. The molecule has 0 aliphatic carbocycles. The molecule has 2 amide bonds. The number of carbonyl (C=O) groups excluding carboxylic acids is 2. The van der Waals surface area contributed by atoms with E-state index in [2.05, 4.69) is 10.6 Å². The molecule has 0 saturated carbocycles. The van der Waals surface area contributed by atoms with Crippen molar-refractivity contribution < 1.29 is 27.5 Å². The van der Waals surface area contributed by atoms with Gasteiger partial charge in [0.1, 0.15) is 5.75 Å². The quantitative estimate of drug-likeness (QED) is 0.841. The van der Waals surface area contributed by atoms with Crippen LogP contribution in [0.1, 0.15) is 15.9 Å². The highest BCUT2D eigenvalue weighted by atomic mass is 35.5. The van der Waals surface area contributed by atoms with E-state index in [-0.39, 0.29) is 23.8 Å². The number of amides is 2. The van der Waals surface area contributed by atoms with Crippen LogP contribution in [0.4, 0.5) is 24.5 Å². The largest absolute Gasteiger partial charge is 0.482 e. The number of carbonyl (C=O) groups is 2. The Labute approximate surface area is 144 Å². The number of rotatable bonds is 2. The Balaban J connectivity index is 1.85. The van der Waals surface area contributed by atoms with E-state index in [0.717, 1.165) is 12.1 Å². The summed E-state index contributed by atoms with van der Waals surface area (Å²) in [5, 5.41) is 4.37. The number of benzene rings is 2. The molecule has 0 bridgehead atoms. The molecular formula is C16H10ClF3N2O3. The summed E-state index contributed by atoms with van der Waals surface area (Å²) in [5.41, 5.74) is -0.665. The molecule has 0 aromatic heterocycles. The van der Waals surface area contributed by atoms with Crippen LogP contribution in [0.15, 0.2) is 36.4 Å². The normalized spacial score (nSPS) is 13.5. The second-order valence-corrected chi connectivity index (χ2v) is 5.54. The van der Waals surface area contributed by atoms with E-state index in [1.165, 1.54) is 24.3 Å². The second kappa shape index (κ2) is 6.29. The molecule has 1 heterocycles. The molecule has 0 radical (unpaired) electrons. The van der Waals surface area contributed by atoms with Crippen molar-refractivity contribution in [2.24, 2.45) is 0 Å². The number of hydrogen-bond acceptors (Lipinski definition) is 3. The van der Waals surface area contributed by atoms with Crippen molar-refractivity contribution in [2.75, 3.05) is 17.2 Å². The van der Waals surface area contributed by atoms with Crippen molar-refractivity contribution >= 4 is 34.8 Å². The van der Waals surface area contributed by atoms with E-state index < -0.39 is 22.7 Å². The summed E-state index contributed by atoms with van der Waals surface area (Å²) in [6.45, 7) is -0.163. The third-order valence-corrected chi connectivity index (χ3v) is 3.83. The molecular weight excluding hydrogens is 361 g/mol. The summed E-state index contributed by atoms with van der Waals surface area (Å²) in [5.74, 6) is -0.761. The Morgan fingerprint density at radius 1 is 1.24 bits per heavy atom. The van der Waals surface area contributed by atoms with Crippen LogP contribution in [0.25, 0.3) is 0 Å². The predicted molar refractivity (Wildman–Crippen MR) is 85.0 cm³/mol. The summed E-state index contributed by atoms with van der Waals surface area (Å²) < 4.78 is 43.8. The molecule has 2 N–H and O–H groups in total. The van der Waals surface area contributed by atoms with Crippen molar-refractivity contribution in [1.82, 2.24) is 0 Å². The molecule has 2 aromatic rings. The van der Waals surface area contributed by atoms with Gasteiger partial charge in [0.15, 0.2) is 6.61 Å². The predicted octanol–water partition coefficient (Wildman–Crippen LogP) is 3.94. The molecule has 0 fully saturated rings. The third kappa shape index (κ3) is 3.53. The Morgan fingerprint density at radius 3 is 2.72 bits per heavy atom. The highest BCUT2D eigenvalue weighted by molar-refractivity contribution is 6.35. The zero-order valence-corrected chi connectivity index (χ0v) is 13.2. The average Bonchev–Trinajstić information content (AvgIpc) is 2.54. The Morgan fingerprint density at radius 2 is 2.00 bits per heavy atom. The van der Waals surface area contributed by atoms with E-state index in [9.17, 15) is 22.8 Å². The number of nitrogens with one attached hydrogen (secondary N) is 2. The van der Waals surface area contributed by atoms with Gasteiger partial charge in [-0.05, 0) is 24.3 Å². The fraction of sp³-hybridized carbons (Fsp3) is 0.125. The van der Waals surface area contributed by atoms with Gasteiger partial charge in [0.25, 0.3) is 11.8 Å². The minimum absolute atomic E-state index is 0.163. The average molecular weight is 371 g/mol.